The summed E-state index contributed by atoms with van der Waals surface area (Å²) in [4.78, 5) is 0.881. The van der Waals surface area contributed by atoms with Crippen molar-refractivity contribution in [2.75, 3.05) is 24.6 Å². The Hall–Kier alpha value is -2.07. The van der Waals surface area contributed by atoms with Crippen molar-refractivity contribution in [2.45, 2.75) is 30.0 Å². The van der Waals surface area contributed by atoms with E-state index in [4.69, 9.17) is 4.74 Å². The van der Waals surface area contributed by atoms with Crippen LogP contribution in [-0.2, 0) is 21.1 Å². The van der Waals surface area contributed by atoms with Gasteiger partial charge in [0.05, 0.1) is 36.0 Å². The van der Waals surface area contributed by atoms with Gasteiger partial charge in [0.1, 0.15) is 0 Å². The predicted molar refractivity (Wildman–Crippen MR) is 88.6 cm³/mol. The van der Waals surface area contributed by atoms with Crippen molar-refractivity contribution in [3.63, 3.8) is 0 Å². The second-order valence-electron chi connectivity index (χ2n) is 6.10. The highest BCUT2D eigenvalue weighted by Crippen LogP contribution is 2.36. The molecule has 6 nitrogen and oxygen atoms in total. The average Bonchev–Trinajstić information content (AvgIpc) is 2.99. The van der Waals surface area contributed by atoms with Gasteiger partial charge in [-0.2, -0.15) is 18.3 Å². The Bertz CT molecular complexity index is 880. The number of halogens is 3. The highest BCUT2D eigenvalue weighted by molar-refractivity contribution is 7.92. The highest BCUT2D eigenvalue weighted by Gasteiger charge is 2.48. The minimum absolute atomic E-state index is 0.0368. The normalized spacial score (nSPS) is 18.9. The lowest BCUT2D eigenvalue weighted by molar-refractivity contribution is -0.0435. The zero-order valence-corrected chi connectivity index (χ0v) is 14.8. The molecule has 0 bridgehead atoms. The number of morpholine rings is 1. The van der Waals surface area contributed by atoms with E-state index in [1.165, 1.54) is 18.2 Å². The molecule has 0 saturated carbocycles. The molecule has 1 atom stereocenters. The van der Waals surface area contributed by atoms with E-state index in [1.807, 2.05) is 13.1 Å². The molecule has 1 saturated heterocycles. The Morgan fingerprint density at radius 3 is 2.69 bits per heavy atom. The van der Waals surface area contributed by atoms with Gasteiger partial charge >= 0.3 is 5.51 Å². The Morgan fingerprint density at radius 1 is 1.31 bits per heavy atom. The van der Waals surface area contributed by atoms with E-state index in [1.54, 1.807) is 15.8 Å². The summed E-state index contributed by atoms with van der Waals surface area (Å²) in [6.07, 6.45) is 3.22. The third-order valence-electron chi connectivity index (χ3n) is 4.09. The molecular weight excluding hydrogens is 371 g/mol. The van der Waals surface area contributed by atoms with Crippen molar-refractivity contribution in [3.8, 4) is 0 Å². The maximum Gasteiger partial charge on any atom is 0.501 e. The van der Waals surface area contributed by atoms with Crippen LogP contribution >= 0.6 is 0 Å². The second kappa shape index (κ2) is 6.92. The summed E-state index contributed by atoms with van der Waals surface area (Å²) in [6.45, 7) is 3.18. The third-order valence-corrected chi connectivity index (χ3v) is 5.63. The van der Waals surface area contributed by atoms with Crippen LogP contribution in [0.25, 0.3) is 0 Å². The molecule has 142 valence electrons. The van der Waals surface area contributed by atoms with E-state index >= 15 is 0 Å². The maximum atomic E-state index is 13.0. The fraction of sp³-hybridized carbons (Fsp3) is 0.438. The molecule has 2 aromatic rings. The Kier molecular flexibility index (Phi) is 4.98. The zero-order valence-electron chi connectivity index (χ0n) is 14.0. The van der Waals surface area contributed by atoms with Gasteiger partial charge in [-0.25, -0.2) is 8.42 Å². The summed E-state index contributed by atoms with van der Waals surface area (Å²) in [6, 6.07) is 5.18. The number of aryl methyl sites for hydroxylation is 1. The third kappa shape index (κ3) is 3.70. The van der Waals surface area contributed by atoms with Gasteiger partial charge in [0.2, 0.25) is 0 Å². The molecule has 0 spiro atoms. The Morgan fingerprint density at radius 2 is 2.04 bits per heavy atom. The molecule has 1 aromatic carbocycles. The van der Waals surface area contributed by atoms with Gasteiger partial charge in [-0.3, -0.25) is 4.68 Å². The lowest BCUT2D eigenvalue weighted by Gasteiger charge is -2.35. The molecule has 0 amide bonds. The van der Waals surface area contributed by atoms with Crippen molar-refractivity contribution >= 4 is 15.5 Å². The molecule has 0 aliphatic carbocycles. The van der Waals surface area contributed by atoms with Crippen molar-refractivity contribution in [1.29, 1.82) is 0 Å². The van der Waals surface area contributed by atoms with Crippen LogP contribution in [0.1, 0.15) is 5.56 Å². The summed E-state index contributed by atoms with van der Waals surface area (Å²) in [7, 11) is -5.43. The first-order valence-electron chi connectivity index (χ1n) is 7.94. The average molecular weight is 389 g/mol. The maximum absolute atomic E-state index is 13.0. The van der Waals surface area contributed by atoms with E-state index in [2.05, 4.69) is 5.10 Å². The first-order chi connectivity index (χ1) is 12.2. The van der Waals surface area contributed by atoms with E-state index in [-0.39, 0.29) is 24.9 Å². The molecule has 26 heavy (non-hydrogen) atoms. The zero-order chi connectivity index (χ0) is 18.9. The quantitative estimate of drug-likeness (QED) is 0.804. The number of para-hydroxylation sites is 1. The van der Waals surface area contributed by atoms with E-state index in [0.717, 1.165) is 11.6 Å². The molecule has 2 heterocycles. The monoisotopic (exact) mass is 389 g/mol. The van der Waals surface area contributed by atoms with Gasteiger partial charge in [-0.1, -0.05) is 12.1 Å². The number of hydrogen-bond donors (Lipinski definition) is 0. The van der Waals surface area contributed by atoms with Crippen LogP contribution in [0.4, 0.5) is 18.9 Å². The summed E-state index contributed by atoms with van der Waals surface area (Å²) in [5.74, 6) is 0. The molecule has 1 aliphatic heterocycles. The van der Waals surface area contributed by atoms with E-state index in [9.17, 15) is 21.6 Å². The largest absolute Gasteiger partial charge is 0.501 e. The van der Waals surface area contributed by atoms with Crippen LogP contribution < -0.4 is 4.90 Å². The summed E-state index contributed by atoms with van der Waals surface area (Å²) >= 11 is 0. The number of aromatic nitrogens is 2. The molecule has 3 rings (SSSR count). The minimum atomic E-state index is -5.43. The molecule has 0 radical (unpaired) electrons. The Labute approximate surface area is 149 Å². The fourth-order valence-corrected chi connectivity index (χ4v) is 3.87. The van der Waals surface area contributed by atoms with Gasteiger partial charge in [-0.05, 0) is 24.6 Å². The SMILES string of the molecule is Cc1cnn(CC2CN(c3ccccc3S(=O)(=O)C(F)(F)F)CCO2)c1. The number of hydrogen-bond acceptors (Lipinski definition) is 5. The first-order valence-corrected chi connectivity index (χ1v) is 9.43. The molecule has 1 aliphatic rings. The Balaban J connectivity index is 1.85. The molecule has 1 unspecified atom stereocenters. The molecule has 10 heteroatoms. The molecule has 0 N–H and O–H groups in total. The van der Waals surface area contributed by atoms with Crippen molar-refractivity contribution < 1.29 is 26.3 Å². The smallest absolute Gasteiger partial charge is 0.373 e. The van der Waals surface area contributed by atoms with Crippen LogP contribution in [0.15, 0.2) is 41.6 Å². The van der Waals surface area contributed by atoms with E-state index in [0.29, 0.717) is 13.1 Å². The molecule has 1 aromatic heterocycles. The second-order valence-corrected chi connectivity index (χ2v) is 8.01. The fourth-order valence-electron chi connectivity index (χ4n) is 2.89. The van der Waals surface area contributed by atoms with Gasteiger partial charge in [0.15, 0.2) is 0 Å². The lowest BCUT2D eigenvalue weighted by atomic mass is 10.2. The number of ether oxygens (including phenoxy) is 1. The van der Waals surface area contributed by atoms with Crippen molar-refractivity contribution in [1.82, 2.24) is 9.78 Å². The van der Waals surface area contributed by atoms with Crippen LogP contribution in [-0.4, -0.2) is 49.5 Å². The summed E-state index contributed by atoms with van der Waals surface area (Å²) in [5, 5.41) is 4.17. The van der Waals surface area contributed by atoms with Crippen LogP contribution in [0.5, 0.6) is 0 Å². The highest BCUT2D eigenvalue weighted by atomic mass is 32.2. The van der Waals surface area contributed by atoms with Crippen LogP contribution in [0, 0.1) is 6.92 Å². The molecule has 1 fully saturated rings. The minimum Gasteiger partial charge on any atom is -0.373 e. The predicted octanol–water partition coefficient (Wildman–Crippen LogP) is 2.39. The molecular formula is C16H18F3N3O3S. The van der Waals surface area contributed by atoms with Crippen LogP contribution in [0.2, 0.25) is 0 Å². The number of rotatable bonds is 4. The number of sulfone groups is 1. The van der Waals surface area contributed by atoms with Gasteiger partial charge < -0.3 is 9.64 Å². The summed E-state index contributed by atoms with van der Waals surface area (Å²) < 4.78 is 70.1. The number of nitrogens with zero attached hydrogens (tertiary/aromatic N) is 3. The standard InChI is InChI=1S/C16H18F3N3O3S/c1-12-8-20-22(9-12)11-13-10-21(6-7-25-13)14-4-2-3-5-15(14)26(23,24)16(17,18)19/h2-5,8-9,13H,6-7,10-11H2,1H3. The van der Waals surface area contributed by atoms with Gasteiger partial charge in [0.25, 0.3) is 9.84 Å². The summed E-state index contributed by atoms with van der Waals surface area (Å²) in [5.41, 5.74) is -4.32. The van der Waals surface area contributed by atoms with Crippen molar-refractivity contribution in [3.05, 3.63) is 42.2 Å². The van der Waals surface area contributed by atoms with Gasteiger partial charge in [0, 0.05) is 19.3 Å². The number of anilines is 1. The van der Waals surface area contributed by atoms with E-state index < -0.39 is 20.2 Å². The first kappa shape index (κ1) is 18.7. The lowest BCUT2D eigenvalue weighted by Crippen LogP contribution is -2.45. The van der Waals surface area contributed by atoms with Crippen LogP contribution in [0.3, 0.4) is 0 Å². The topological polar surface area (TPSA) is 64.4 Å². The number of benzene rings is 1. The van der Waals surface area contributed by atoms with Crippen molar-refractivity contribution in [2.24, 2.45) is 0 Å². The van der Waals surface area contributed by atoms with Gasteiger partial charge in [-0.15, -0.1) is 0 Å². The number of alkyl halides is 3.